The number of esters is 1. The maximum absolute atomic E-state index is 11.8. The Morgan fingerprint density at radius 1 is 1.25 bits per heavy atom. The summed E-state index contributed by atoms with van der Waals surface area (Å²) >= 11 is 3.16. The largest absolute Gasteiger partial charge is 0.463 e. The van der Waals surface area contributed by atoms with Crippen LogP contribution in [0.1, 0.15) is 13.8 Å². The molecule has 0 N–H and O–H groups in total. The molecule has 114 valence electrons. The van der Waals surface area contributed by atoms with Crippen molar-refractivity contribution in [2.24, 2.45) is 0 Å². The van der Waals surface area contributed by atoms with Gasteiger partial charge in [0.15, 0.2) is 12.1 Å². The summed E-state index contributed by atoms with van der Waals surface area (Å²) in [5, 5.41) is 0. The standard InChI is InChI=1S/C12H17BrO7/c1-12(2)19-9-8(16-3)7(18-11(9)20-12)5(13)6(14)10(15)17-4/h5,7-9,11H,1-4H3/t5?,7-,8+,9-,11-/m1/s1. The zero-order chi connectivity index (χ0) is 15.1. The summed E-state index contributed by atoms with van der Waals surface area (Å²) in [5.41, 5.74) is 0. The van der Waals surface area contributed by atoms with Crippen LogP contribution < -0.4 is 0 Å². The van der Waals surface area contributed by atoms with Crippen molar-refractivity contribution in [2.45, 2.75) is 49.1 Å². The number of fused-ring (bicyclic) bond motifs is 1. The Kier molecular flexibility index (Phi) is 4.50. The van der Waals surface area contributed by atoms with Crippen LogP contribution in [0, 0.1) is 0 Å². The molecule has 0 aliphatic carbocycles. The van der Waals surface area contributed by atoms with Crippen molar-refractivity contribution in [1.29, 1.82) is 0 Å². The lowest BCUT2D eigenvalue weighted by Gasteiger charge is -2.26. The van der Waals surface area contributed by atoms with Crippen molar-refractivity contribution in [3.8, 4) is 0 Å². The van der Waals surface area contributed by atoms with Crippen LogP contribution in [-0.4, -0.2) is 61.2 Å². The molecule has 0 aromatic carbocycles. The van der Waals surface area contributed by atoms with Gasteiger partial charge in [-0.3, -0.25) is 4.79 Å². The van der Waals surface area contributed by atoms with Gasteiger partial charge >= 0.3 is 5.97 Å². The number of Topliss-reactive ketones (excluding diaryl/α,β-unsaturated/α-hetero) is 1. The zero-order valence-electron chi connectivity index (χ0n) is 11.6. The van der Waals surface area contributed by atoms with E-state index in [1.807, 2.05) is 0 Å². The van der Waals surface area contributed by atoms with E-state index >= 15 is 0 Å². The van der Waals surface area contributed by atoms with Crippen molar-refractivity contribution in [3.63, 3.8) is 0 Å². The molecule has 0 amide bonds. The first-order valence-corrected chi connectivity index (χ1v) is 7.02. The predicted octanol–water partition coefficient (Wildman–Crippen LogP) is 0.383. The molecule has 0 aromatic heterocycles. The zero-order valence-corrected chi connectivity index (χ0v) is 13.2. The third-order valence-corrected chi connectivity index (χ3v) is 4.16. The summed E-state index contributed by atoms with van der Waals surface area (Å²) in [7, 11) is 2.63. The smallest absolute Gasteiger partial charge is 0.375 e. The topological polar surface area (TPSA) is 80.3 Å². The normalized spacial score (nSPS) is 36.5. The molecular weight excluding hydrogens is 336 g/mol. The minimum absolute atomic E-state index is 0.453. The summed E-state index contributed by atoms with van der Waals surface area (Å²) in [6.45, 7) is 3.53. The molecule has 0 saturated carbocycles. The van der Waals surface area contributed by atoms with Gasteiger partial charge in [-0.25, -0.2) is 4.79 Å². The fraction of sp³-hybridized carbons (Fsp3) is 0.833. The lowest BCUT2D eigenvalue weighted by molar-refractivity contribution is -0.216. The van der Waals surface area contributed by atoms with Crippen LogP contribution >= 0.6 is 15.9 Å². The highest BCUT2D eigenvalue weighted by Crippen LogP contribution is 2.40. The van der Waals surface area contributed by atoms with E-state index in [4.69, 9.17) is 18.9 Å². The summed E-state index contributed by atoms with van der Waals surface area (Å²) in [5.74, 6) is -2.45. The van der Waals surface area contributed by atoms with E-state index in [2.05, 4.69) is 20.7 Å². The maximum atomic E-state index is 11.8. The molecule has 8 heteroatoms. The Bertz CT molecular complexity index is 411. The summed E-state index contributed by atoms with van der Waals surface area (Å²) in [6.07, 6.45) is -2.31. The molecule has 1 unspecified atom stereocenters. The molecule has 2 aliphatic heterocycles. The van der Waals surface area contributed by atoms with Gasteiger partial charge in [-0.05, 0) is 13.8 Å². The minimum Gasteiger partial charge on any atom is -0.463 e. The number of halogens is 1. The predicted molar refractivity (Wildman–Crippen MR) is 69.2 cm³/mol. The van der Waals surface area contributed by atoms with Crippen LogP contribution in [0.3, 0.4) is 0 Å². The molecule has 2 rings (SSSR count). The summed E-state index contributed by atoms with van der Waals surface area (Å²) in [4.78, 5) is 22.2. The Balaban J connectivity index is 2.11. The van der Waals surface area contributed by atoms with Gasteiger partial charge in [0, 0.05) is 7.11 Å². The summed E-state index contributed by atoms with van der Waals surface area (Å²) in [6, 6.07) is 0. The number of rotatable bonds is 4. The number of carbonyl (C=O) groups is 2. The second-order valence-electron chi connectivity index (χ2n) is 5.03. The first-order chi connectivity index (χ1) is 9.30. The quantitative estimate of drug-likeness (QED) is 0.411. The summed E-state index contributed by atoms with van der Waals surface area (Å²) < 4.78 is 26.7. The third-order valence-electron chi connectivity index (χ3n) is 3.22. The van der Waals surface area contributed by atoms with Crippen LogP contribution in [0.4, 0.5) is 0 Å². The number of alkyl halides is 1. The Morgan fingerprint density at radius 3 is 2.45 bits per heavy atom. The molecular formula is C12H17BrO7. The van der Waals surface area contributed by atoms with Crippen LogP contribution in [0.15, 0.2) is 0 Å². The molecule has 2 heterocycles. The van der Waals surface area contributed by atoms with Gasteiger partial charge in [0.1, 0.15) is 23.1 Å². The molecule has 20 heavy (non-hydrogen) atoms. The average Bonchev–Trinajstić information content (AvgIpc) is 2.87. The van der Waals surface area contributed by atoms with Crippen LogP contribution in [0.25, 0.3) is 0 Å². The Labute approximate surface area is 125 Å². The van der Waals surface area contributed by atoms with Gasteiger partial charge < -0.3 is 23.7 Å². The van der Waals surface area contributed by atoms with Crippen molar-refractivity contribution >= 4 is 27.7 Å². The van der Waals surface area contributed by atoms with Crippen LogP contribution in [-0.2, 0) is 33.3 Å². The van der Waals surface area contributed by atoms with E-state index in [0.717, 1.165) is 7.11 Å². The number of hydrogen-bond acceptors (Lipinski definition) is 7. The highest BCUT2D eigenvalue weighted by Gasteiger charge is 2.57. The fourth-order valence-electron chi connectivity index (χ4n) is 2.37. The molecule has 2 fully saturated rings. The molecule has 0 aromatic rings. The molecule has 2 saturated heterocycles. The van der Waals surface area contributed by atoms with Gasteiger partial charge in [-0.2, -0.15) is 0 Å². The minimum atomic E-state index is -0.940. The fourth-order valence-corrected chi connectivity index (χ4v) is 2.98. The van der Waals surface area contributed by atoms with Gasteiger partial charge in [0.05, 0.1) is 7.11 Å². The third kappa shape index (κ3) is 2.75. The number of ketones is 1. The number of methoxy groups -OCH3 is 2. The number of carbonyl (C=O) groups excluding carboxylic acids is 2. The van der Waals surface area contributed by atoms with E-state index in [9.17, 15) is 9.59 Å². The van der Waals surface area contributed by atoms with Crippen molar-refractivity contribution in [2.75, 3.05) is 14.2 Å². The van der Waals surface area contributed by atoms with Crippen LogP contribution in [0.5, 0.6) is 0 Å². The van der Waals surface area contributed by atoms with Gasteiger partial charge in [-0.15, -0.1) is 0 Å². The number of hydrogen-bond donors (Lipinski definition) is 0. The first kappa shape index (κ1) is 15.8. The van der Waals surface area contributed by atoms with Gasteiger partial charge in [-0.1, -0.05) is 15.9 Å². The SMILES string of the molecule is COC(=O)C(=O)C(Br)[C@H]1O[C@@H]2OC(C)(C)O[C@@H]2[C@H]1OC. The lowest BCUT2D eigenvalue weighted by Crippen LogP contribution is -2.44. The van der Waals surface area contributed by atoms with Gasteiger partial charge in [0.2, 0.25) is 0 Å². The van der Waals surface area contributed by atoms with E-state index in [1.54, 1.807) is 13.8 Å². The number of ether oxygens (including phenoxy) is 5. The molecule has 0 bridgehead atoms. The molecule has 5 atom stereocenters. The second-order valence-corrected chi connectivity index (χ2v) is 6.01. The Morgan fingerprint density at radius 2 is 1.90 bits per heavy atom. The van der Waals surface area contributed by atoms with Crippen LogP contribution in [0.2, 0.25) is 0 Å². The first-order valence-electron chi connectivity index (χ1n) is 6.11. The van der Waals surface area contributed by atoms with Crippen molar-refractivity contribution in [1.82, 2.24) is 0 Å². The van der Waals surface area contributed by atoms with E-state index in [-0.39, 0.29) is 0 Å². The highest BCUT2D eigenvalue weighted by molar-refractivity contribution is 9.10. The lowest BCUT2D eigenvalue weighted by atomic mass is 10.1. The van der Waals surface area contributed by atoms with Crippen molar-refractivity contribution in [3.05, 3.63) is 0 Å². The van der Waals surface area contributed by atoms with Crippen molar-refractivity contribution < 1.29 is 33.3 Å². The second kappa shape index (κ2) is 5.69. The average molecular weight is 353 g/mol. The molecule has 0 radical (unpaired) electrons. The Hall–Kier alpha value is -0.540. The van der Waals surface area contributed by atoms with E-state index in [1.165, 1.54) is 7.11 Å². The van der Waals surface area contributed by atoms with Gasteiger partial charge in [0.25, 0.3) is 5.78 Å². The molecule has 2 aliphatic rings. The maximum Gasteiger partial charge on any atom is 0.375 e. The monoisotopic (exact) mass is 352 g/mol. The molecule has 7 nitrogen and oxygen atoms in total. The molecule has 0 spiro atoms. The van der Waals surface area contributed by atoms with E-state index in [0.29, 0.717) is 0 Å². The highest BCUT2D eigenvalue weighted by atomic mass is 79.9. The van der Waals surface area contributed by atoms with E-state index < -0.39 is 47.0 Å².